The van der Waals surface area contributed by atoms with Gasteiger partial charge in [-0.25, -0.2) is 9.59 Å². The number of anilines is 1. The minimum atomic E-state index is -3.92. The van der Waals surface area contributed by atoms with E-state index >= 15 is 0 Å². The van der Waals surface area contributed by atoms with Crippen molar-refractivity contribution in [3.8, 4) is 28.4 Å². The van der Waals surface area contributed by atoms with Gasteiger partial charge in [0.2, 0.25) is 0 Å². The van der Waals surface area contributed by atoms with Crippen molar-refractivity contribution in [2.24, 2.45) is 0 Å². The number of rotatable bonds is 5. The van der Waals surface area contributed by atoms with Gasteiger partial charge in [-0.05, 0) is 79.2 Å². The SMILES string of the molecule is Cc1ccc(C(=O)Oc2ccc(OC(=O)c3ccc(N)cc3)c(P3(=O)Oc4ccccc4-c4ccccc43)c2)cc1. The maximum absolute atomic E-state index is 15.0. The van der Waals surface area contributed by atoms with Gasteiger partial charge in [0.1, 0.15) is 17.2 Å². The summed E-state index contributed by atoms with van der Waals surface area (Å²) < 4.78 is 32.7. The van der Waals surface area contributed by atoms with E-state index in [9.17, 15) is 14.2 Å². The molecule has 0 bridgehead atoms. The zero-order valence-electron chi connectivity index (χ0n) is 21.9. The average molecular weight is 562 g/mol. The fourth-order valence-electron chi connectivity index (χ4n) is 4.60. The van der Waals surface area contributed by atoms with E-state index < -0.39 is 19.3 Å². The number of hydrogen-bond donors (Lipinski definition) is 1. The summed E-state index contributed by atoms with van der Waals surface area (Å²) in [6.45, 7) is 1.92. The van der Waals surface area contributed by atoms with Crippen molar-refractivity contribution in [1.29, 1.82) is 0 Å². The second kappa shape index (κ2) is 10.5. The smallest absolute Gasteiger partial charge is 0.343 e. The Labute approximate surface area is 236 Å². The first-order chi connectivity index (χ1) is 19.8. The molecule has 7 nitrogen and oxygen atoms in total. The molecule has 1 aliphatic rings. The molecular formula is C33H24NO6P. The lowest BCUT2D eigenvalue weighted by Gasteiger charge is -2.29. The van der Waals surface area contributed by atoms with Crippen LogP contribution in [0.4, 0.5) is 5.69 Å². The first kappa shape index (κ1) is 26.1. The van der Waals surface area contributed by atoms with Gasteiger partial charge in [-0.15, -0.1) is 0 Å². The Morgan fingerprint density at radius 3 is 2.02 bits per heavy atom. The molecular weight excluding hydrogens is 537 g/mol. The van der Waals surface area contributed by atoms with E-state index in [2.05, 4.69) is 0 Å². The highest BCUT2D eigenvalue weighted by atomic mass is 31.2. The number of para-hydroxylation sites is 1. The van der Waals surface area contributed by atoms with Gasteiger partial charge in [-0.3, -0.25) is 4.57 Å². The molecule has 0 spiro atoms. The Hall–Kier alpha value is -5.13. The monoisotopic (exact) mass is 561 g/mol. The van der Waals surface area contributed by atoms with Gasteiger partial charge in [0.15, 0.2) is 0 Å². The van der Waals surface area contributed by atoms with E-state index in [0.717, 1.165) is 16.7 Å². The molecule has 0 aromatic heterocycles. The molecule has 1 unspecified atom stereocenters. The van der Waals surface area contributed by atoms with Crippen LogP contribution in [-0.4, -0.2) is 11.9 Å². The van der Waals surface area contributed by atoms with Gasteiger partial charge in [-0.1, -0.05) is 54.1 Å². The molecule has 202 valence electrons. The third-order valence-corrected chi connectivity index (χ3v) is 9.18. The Balaban J connectivity index is 1.46. The molecule has 1 atom stereocenters. The van der Waals surface area contributed by atoms with Crippen LogP contribution in [0.1, 0.15) is 26.3 Å². The topological polar surface area (TPSA) is 105 Å². The van der Waals surface area contributed by atoms with Gasteiger partial charge >= 0.3 is 19.3 Å². The second-order valence-corrected chi connectivity index (χ2v) is 11.8. The molecule has 0 saturated carbocycles. The average Bonchev–Trinajstić information content (AvgIpc) is 2.98. The van der Waals surface area contributed by atoms with Crippen molar-refractivity contribution >= 4 is 35.6 Å². The van der Waals surface area contributed by atoms with Crippen molar-refractivity contribution in [2.45, 2.75) is 6.92 Å². The molecule has 1 aliphatic heterocycles. The number of carbonyl (C=O) groups is 2. The summed E-state index contributed by atoms with van der Waals surface area (Å²) in [7, 11) is -3.92. The Kier molecular flexibility index (Phi) is 6.66. The first-order valence-corrected chi connectivity index (χ1v) is 14.4. The van der Waals surface area contributed by atoms with Crippen LogP contribution in [0.5, 0.6) is 17.2 Å². The predicted octanol–water partition coefficient (Wildman–Crippen LogP) is 6.30. The van der Waals surface area contributed by atoms with Crippen molar-refractivity contribution in [3.63, 3.8) is 0 Å². The molecule has 0 radical (unpaired) electrons. The van der Waals surface area contributed by atoms with E-state index in [-0.39, 0.29) is 22.4 Å². The number of esters is 2. The van der Waals surface area contributed by atoms with Crippen molar-refractivity contribution in [1.82, 2.24) is 0 Å². The van der Waals surface area contributed by atoms with Gasteiger partial charge in [-0.2, -0.15) is 0 Å². The van der Waals surface area contributed by atoms with Crippen molar-refractivity contribution < 1.29 is 28.2 Å². The van der Waals surface area contributed by atoms with Gasteiger partial charge in [0.25, 0.3) is 0 Å². The highest BCUT2D eigenvalue weighted by molar-refractivity contribution is 7.75. The number of ether oxygens (including phenoxy) is 2. The first-order valence-electron chi connectivity index (χ1n) is 12.8. The summed E-state index contributed by atoms with van der Waals surface area (Å²) in [5, 5.41) is 0.517. The predicted molar refractivity (Wildman–Crippen MR) is 158 cm³/mol. The lowest BCUT2D eigenvalue weighted by atomic mass is 10.0. The summed E-state index contributed by atoms with van der Waals surface area (Å²) in [5.41, 5.74) is 9.40. The quantitative estimate of drug-likeness (QED) is 0.116. The van der Waals surface area contributed by atoms with Gasteiger partial charge < -0.3 is 19.7 Å². The molecule has 5 aromatic rings. The zero-order chi connectivity index (χ0) is 28.6. The molecule has 0 saturated heterocycles. The molecule has 5 aromatic carbocycles. The van der Waals surface area contributed by atoms with Crippen LogP contribution in [0.3, 0.4) is 0 Å². The van der Waals surface area contributed by atoms with Crippen LogP contribution >= 0.6 is 7.37 Å². The molecule has 2 N–H and O–H groups in total. The highest BCUT2D eigenvalue weighted by Crippen LogP contribution is 2.55. The van der Waals surface area contributed by atoms with Crippen molar-refractivity contribution in [3.05, 3.63) is 132 Å². The van der Waals surface area contributed by atoms with E-state index in [1.165, 1.54) is 18.2 Å². The standard InChI is InChI=1S/C33H24NO6P/c1-21-10-12-22(13-11-21)32(35)38-25-18-19-29(39-33(36)23-14-16-24(34)17-15-23)31(20-25)41(37)30-9-5-3-7-27(30)26-6-2-4-8-28(26)40-41/h2-20H,34H2,1H3. The lowest BCUT2D eigenvalue weighted by Crippen LogP contribution is -2.27. The summed E-state index contributed by atoms with van der Waals surface area (Å²) >= 11 is 0. The lowest BCUT2D eigenvalue weighted by molar-refractivity contribution is 0.0720. The Morgan fingerprint density at radius 1 is 0.683 bits per heavy atom. The van der Waals surface area contributed by atoms with E-state index in [0.29, 0.717) is 22.3 Å². The maximum Gasteiger partial charge on any atom is 0.343 e. The largest absolute Gasteiger partial charge is 0.436 e. The fraction of sp³-hybridized carbons (Fsp3) is 0.0303. The van der Waals surface area contributed by atoms with Gasteiger partial charge in [0.05, 0.1) is 21.7 Å². The van der Waals surface area contributed by atoms with Crippen LogP contribution in [0.15, 0.2) is 115 Å². The van der Waals surface area contributed by atoms with Crippen LogP contribution in [0.2, 0.25) is 0 Å². The number of aryl methyl sites for hydroxylation is 1. The number of carbonyl (C=O) groups excluding carboxylic acids is 2. The minimum Gasteiger partial charge on any atom is -0.436 e. The third kappa shape index (κ3) is 4.99. The number of benzene rings is 5. The molecule has 0 amide bonds. The fourth-order valence-corrected chi connectivity index (χ4v) is 7.00. The normalized spacial score (nSPS) is 15.1. The van der Waals surface area contributed by atoms with Crippen LogP contribution < -0.4 is 30.3 Å². The van der Waals surface area contributed by atoms with Crippen molar-refractivity contribution in [2.75, 3.05) is 5.73 Å². The summed E-state index contributed by atoms with van der Waals surface area (Å²) in [6.07, 6.45) is 0. The third-order valence-electron chi connectivity index (χ3n) is 6.72. The second-order valence-electron chi connectivity index (χ2n) is 9.55. The highest BCUT2D eigenvalue weighted by Gasteiger charge is 2.40. The molecule has 0 fully saturated rings. The number of nitrogen functional groups attached to an aromatic ring is 1. The molecule has 0 aliphatic carbocycles. The van der Waals surface area contributed by atoms with Crippen LogP contribution in [-0.2, 0) is 4.57 Å². The number of hydrogen-bond acceptors (Lipinski definition) is 7. The van der Waals surface area contributed by atoms with Gasteiger partial charge in [0, 0.05) is 11.3 Å². The van der Waals surface area contributed by atoms with E-state index in [1.54, 1.807) is 60.7 Å². The van der Waals surface area contributed by atoms with E-state index in [4.69, 9.17) is 19.7 Å². The summed E-state index contributed by atoms with van der Waals surface area (Å²) in [5.74, 6) is -0.705. The summed E-state index contributed by atoms with van der Waals surface area (Å²) in [4.78, 5) is 26.0. The number of nitrogens with two attached hydrogens (primary N) is 1. The molecule has 1 heterocycles. The minimum absolute atomic E-state index is 0.0134. The van der Waals surface area contributed by atoms with E-state index in [1.807, 2.05) is 43.3 Å². The Bertz CT molecular complexity index is 1850. The van der Waals surface area contributed by atoms with Crippen LogP contribution in [0.25, 0.3) is 11.1 Å². The maximum atomic E-state index is 15.0. The molecule has 8 heteroatoms. The molecule has 41 heavy (non-hydrogen) atoms. The van der Waals surface area contributed by atoms with Crippen LogP contribution in [0, 0.1) is 6.92 Å². The zero-order valence-corrected chi connectivity index (χ0v) is 22.8. The molecule has 6 rings (SSSR count). The summed E-state index contributed by atoms with van der Waals surface area (Å²) in [6, 6.07) is 32.1. The Morgan fingerprint density at radius 2 is 1.29 bits per heavy atom. The number of fused-ring (bicyclic) bond motifs is 3.